The minimum Gasteiger partial charge on any atom is -0.331 e. The van der Waals surface area contributed by atoms with Crippen LogP contribution in [0.15, 0.2) is 67.5 Å². The molecule has 0 saturated carbocycles. The highest BCUT2D eigenvalue weighted by atomic mass is 15.1. The van der Waals surface area contributed by atoms with E-state index >= 15 is 0 Å². The number of allylic oxidation sites excluding steroid dienone is 4. The molecule has 0 spiro atoms. The lowest BCUT2D eigenvalue weighted by atomic mass is 10.0. The largest absolute Gasteiger partial charge is 0.331 e. The van der Waals surface area contributed by atoms with Crippen LogP contribution in [0.1, 0.15) is 50.6 Å². The highest BCUT2D eigenvalue weighted by molar-refractivity contribution is 5.75. The Bertz CT molecular complexity index is 850. The van der Waals surface area contributed by atoms with Crippen molar-refractivity contribution in [3.05, 3.63) is 84.5 Å². The molecule has 0 amide bonds. The monoisotopic (exact) mass is 358 g/mol. The van der Waals surface area contributed by atoms with Gasteiger partial charge in [-0.3, -0.25) is 0 Å². The van der Waals surface area contributed by atoms with E-state index in [9.17, 15) is 0 Å². The van der Waals surface area contributed by atoms with Crippen molar-refractivity contribution in [2.45, 2.75) is 46.6 Å². The molecule has 1 aromatic heterocycles. The summed E-state index contributed by atoms with van der Waals surface area (Å²) in [5.74, 6) is 8.20. The minimum atomic E-state index is 0.479. The first kappa shape index (κ1) is 20.5. The molecule has 0 aliphatic heterocycles. The molecule has 2 heteroatoms. The summed E-state index contributed by atoms with van der Waals surface area (Å²) in [5, 5.41) is 0. The molecule has 0 aliphatic rings. The fraction of sp³-hybridized carbons (Fsp3) is 0.320. The molecule has 27 heavy (non-hydrogen) atoms. The third kappa shape index (κ3) is 5.86. The standard InChI is InChI=1S/C25H30N2/c1-6-21(7-2)10-11-22-12-14-24(15-13-22)23(8-3)18-20(5)19-27-17-16-26-25(27)9-4/h8,12-18,21H,3,5-7,9,19H2,1-2,4H3/b23-18+. The van der Waals surface area contributed by atoms with Gasteiger partial charge < -0.3 is 4.57 Å². The van der Waals surface area contributed by atoms with Crippen LogP contribution < -0.4 is 0 Å². The van der Waals surface area contributed by atoms with Crippen molar-refractivity contribution in [3.8, 4) is 11.8 Å². The van der Waals surface area contributed by atoms with E-state index in [2.05, 4.69) is 85.7 Å². The van der Waals surface area contributed by atoms with Crippen molar-refractivity contribution < 1.29 is 0 Å². The second-order valence-corrected chi connectivity index (χ2v) is 6.65. The van der Waals surface area contributed by atoms with Gasteiger partial charge in [0.15, 0.2) is 0 Å². The molecule has 140 valence electrons. The third-order valence-corrected chi connectivity index (χ3v) is 4.70. The Morgan fingerprint density at radius 2 is 1.89 bits per heavy atom. The first-order chi connectivity index (χ1) is 13.1. The topological polar surface area (TPSA) is 17.8 Å². The number of hydrogen-bond donors (Lipinski definition) is 0. The number of nitrogens with zero attached hydrogens (tertiary/aromatic N) is 2. The lowest BCUT2D eigenvalue weighted by molar-refractivity contribution is 0.627. The quantitative estimate of drug-likeness (QED) is 0.414. The number of rotatable bonds is 8. The van der Waals surface area contributed by atoms with Gasteiger partial charge in [0.1, 0.15) is 5.82 Å². The Labute approximate surface area is 164 Å². The lowest BCUT2D eigenvalue weighted by Crippen LogP contribution is -2.03. The molecule has 0 fully saturated rings. The highest BCUT2D eigenvalue weighted by Crippen LogP contribution is 2.19. The first-order valence-electron chi connectivity index (χ1n) is 9.75. The number of hydrogen-bond acceptors (Lipinski definition) is 1. The molecule has 0 atom stereocenters. The van der Waals surface area contributed by atoms with E-state index in [1.807, 2.05) is 18.5 Å². The smallest absolute Gasteiger partial charge is 0.108 e. The average molecular weight is 359 g/mol. The van der Waals surface area contributed by atoms with Gasteiger partial charge in [-0.15, -0.1) is 0 Å². The Kier molecular flexibility index (Phi) is 7.89. The van der Waals surface area contributed by atoms with Crippen LogP contribution in [-0.2, 0) is 13.0 Å². The van der Waals surface area contributed by atoms with Crippen molar-refractivity contribution in [2.75, 3.05) is 0 Å². The summed E-state index contributed by atoms with van der Waals surface area (Å²) in [7, 11) is 0. The summed E-state index contributed by atoms with van der Waals surface area (Å²) in [6.45, 7) is 15.4. The predicted octanol–water partition coefficient (Wildman–Crippen LogP) is 6.06. The second kappa shape index (κ2) is 10.4. The summed E-state index contributed by atoms with van der Waals surface area (Å²) in [5.41, 5.74) is 4.27. The molecule has 0 radical (unpaired) electrons. The molecule has 0 N–H and O–H groups in total. The molecule has 2 rings (SSSR count). The van der Waals surface area contributed by atoms with Crippen molar-refractivity contribution in [1.29, 1.82) is 0 Å². The van der Waals surface area contributed by atoms with Crippen molar-refractivity contribution in [2.24, 2.45) is 5.92 Å². The number of imidazole rings is 1. The highest BCUT2D eigenvalue weighted by Gasteiger charge is 2.03. The normalized spacial score (nSPS) is 11.2. The molecule has 1 heterocycles. The molecular weight excluding hydrogens is 328 g/mol. The predicted molar refractivity (Wildman–Crippen MR) is 116 cm³/mol. The second-order valence-electron chi connectivity index (χ2n) is 6.65. The van der Waals surface area contributed by atoms with Gasteiger partial charge in [0.05, 0.1) is 0 Å². The molecule has 1 aromatic carbocycles. The van der Waals surface area contributed by atoms with Gasteiger partial charge in [-0.25, -0.2) is 4.98 Å². The lowest BCUT2D eigenvalue weighted by Gasteiger charge is -2.09. The van der Waals surface area contributed by atoms with E-state index in [1.165, 1.54) is 0 Å². The number of aryl methyl sites for hydroxylation is 1. The van der Waals surface area contributed by atoms with Gasteiger partial charge in [0, 0.05) is 36.8 Å². The molecule has 2 aromatic rings. The van der Waals surface area contributed by atoms with E-state index in [0.29, 0.717) is 5.92 Å². The van der Waals surface area contributed by atoms with Gasteiger partial charge in [-0.1, -0.05) is 64.0 Å². The SMILES string of the molecule is C=C/C(=C\C(=C)Cn1ccnc1CC)c1ccc(C#CC(CC)CC)cc1. The summed E-state index contributed by atoms with van der Waals surface area (Å²) < 4.78 is 2.14. The van der Waals surface area contributed by atoms with Gasteiger partial charge in [-0.05, 0) is 47.8 Å². The third-order valence-electron chi connectivity index (χ3n) is 4.70. The van der Waals surface area contributed by atoms with Crippen LogP contribution in [0.3, 0.4) is 0 Å². The summed E-state index contributed by atoms with van der Waals surface area (Å²) in [6.07, 6.45) is 10.9. The van der Waals surface area contributed by atoms with Crippen molar-refractivity contribution in [1.82, 2.24) is 9.55 Å². The summed E-state index contributed by atoms with van der Waals surface area (Å²) >= 11 is 0. The fourth-order valence-electron chi connectivity index (χ4n) is 2.97. The van der Waals surface area contributed by atoms with Gasteiger partial charge >= 0.3 is 0 Å². The van der Waals surface area contributed by atoms with Crippen molar-refractivity contribution >= 4 is 5.57 Å². The number of benzene rings is 1. The maximum Gasteiger partial charge on any atom is 0.108 e. The van der Waals surface area contributed by atoms with E-state index in [4.69, 9.17) is 0 Å². The van der Waals surface area contributed by atoms with Gasteiger partial charge in [0.2, 0.25) is 0 Å². The van der Waals surface area contributed by atoms with Crippen LogP contribution in [0.4, 0.5) is 0 Å². The van der Waals surface area contributed by atoms with Crippen LogP contribution in [0.25, 0.3) is 5.57 Å². The molecule has 2 nitrogen and oxygen atoms in total. The molecular formula is C25H30N2. The van der Waals surface area contributed by atoms with Crippen LogP contribution in [0, 0.1) is 17.8 Å². The fourth-order valence-corrected chi connectivity index (χ4v) is 2.97. The Morgan fingerprint density at radius 3 is 2.48 bits per heavy atom. The molecule has 0 unspecified atom stereocenters. The van der Waals surface area contributed by atoms with E-state index in [-0.39, 0.29) is 0 Å². The van der Waals surface area contributed by atoms with E-state index < -0.39 is 0 Å². The molecule has 0 bridgehead atoms. The van der Waals surface area contributed by atoms with E-state index in [1.54, 1.807) is 0 Å². The van der Waals surface area contributed by atoms with E-state index in [0.717, 1.165) is 53.9 Å². The van der Waals surface area contributed by atoms with Crippen LogP contribution >= 0.6 is 0 Å². The van der Waals surface area contributed by atoms with Gasteiger partial charge in [-0.2, -0.15) is 0 Å². The Hall–Kier alpha value is -2.79. The summed E-state index contributed by atoms with van der Waals surface area (Å²) in [6, 6.07) is 8.37. The Morgan fingerprint density at radius 1 is 1.19 bits per heavy atom. The Balaban J connectivity index is 2.13. The first-order valence-corrected chi connectivity index (χ1v) is 9.75. The van der Waals surface area contributed by atoms with Crippen LogP contribution in [0.2, 0.25) is 0 Å². The molecule has 0 aliphatic carbocycles. The average Bonchev–Trinajstić information content (AvgIpc) is 3.14. The van der Waals surface area contributed by atoms with Gasteiger partial charge in [0.25, 0.3) is 0 Å². The minimum absolute atomic E-state index is 0.479. The number of aromatic nitrogens is 2. The summed E-state index contributed by atoms with van der Waals surface area (Å²) in [4.78, 5) is 4.37. The van der Waals surface area contributed by atoms with Crippen LogP contribution in [0.5, 0.6) is 0 Å². The molecule has 0 saturated heterocycles. The maximum absolute atomic E-state index is 4.37. The zero-order valence-corrected chi connectivity index (χ0v) is 16.8. The maximum atomic E-state index is 4.37. The van der Waals surface area contributed by atoms with Crippen LogP contribution in [-0.4, -0.2) is 9.55 Å². The van der Waals surface area contributed by atoms with Crippen molar-refractivity contribution in [3.63, 3.8) is 0 Å². The zero-order chi connectivity index (χ0) is 19.6. The zero-order valence-electron chi connectivity index (χ0n) is 16.8.